The van der Waals surface area contributed by atoms with Crippen molar-refractivity contribution in [3.8, 4) is 0 Å². The monoisotopic (exact) mass is 303 g/mol. The number of hydrogen-bond donors (Lipinski definition) is 1. The van der Waals surface area contributed by atoms with Gasteiger partial charge in [-0.05, 0) is 50.7 Å². The molecule has 120 valence electrons. The van der Waals surface area contributed by atoms with Crippen molar-refractivity contribution in [1.29, 1.82) is 0 Å². The Morgan fingerprint density at radius 2 is 2.05 bits per heavy atom. The topological polar surface area (TPSA) is 47.6 Å². The van der Waals surface area contributed by atoms with Gasteiger partial charge in [-0.1, -0.05) is 23.8 Å². The van der Waals surface area contributed by atoms with Crippen LogP contribution in [-0.4, -0.2) is 30.9 Å². The summed E-state index contributed by atoms with van der Waals surface area (Å²) in [6.07, 6.45) is 4.21. The second-order valence-corrected chi connectivity index (χ2v) is 6.69. The summed E-state index contributed by atoms with van der Waals surface area (Å²) < 4.78 is 11.0. The van der Waals surface area contributed by atoms with Crippen LogP contribution in [-0.2, 0) is 20.7 Å². The van der Waals surface area contributed by atoms with Gasteiger partial charge in [0.2, 0.25) is 0 Å². The van der Waals surface area contributed by atoms with Gasteiger partial charge in [-0.15, -0.1) is 0 Å². The third-order valence-corrected chi connectivity index (χ3v) is 5.11. The molecule has 1 N–H and O–H groups in total. The fraction of sp³-hybridized carbons (Fsp3) is 0.611. The van der Waals surface area contributed by atoms with Crippen molar-refractivity contribution in [2.45, 2.75) is 63.8 Å². The van der Waals surface area contributed by atoms with Crippen LogP contribution in [0.3, 0.4) is 0 Å². The highest BCUT2D eigenvalue weighted by Crippen LogP contribution is 2.35. The smallest absolute Gasteiger partial charge is 0.328 e. The molecule has 1 aliphatic carbocycles. The lowest BCUT2D eigenvalue weighted by atomic mass is 9.80. The third-order valence-electron chi connectivity index (χ3n) is 5.11. The van der Waals surface area contributed by atoms with Gasteiger partial charge in [0.1, 0.15) is 5.54 Å². The number of benzene rings is 1. The number of nitrogens with one attached hydrogen (secondary N) is 1. The number of esters is 1. The number of rotatable bonds is 3. The van der Waals surface area contributed by atoms with Gasteiger partial charge in [0.15, 0.2) is 6.23 Å². The van der Waals surface area contributed by atoms with E-state index in [1.165, 1.54) is 16.7 Å². The van der Waals surface area contributed by atoms with Crippen LogP contribution in [0.15, 0.2) is 18.2 Å². The number of hydrogen-bond acceptors (Lipinski definition) is 4. The molecule has 1 aliphatic heterocycles. The highest BCUT2D eigenvalue weighted by Gasteiger charge is 2.50. The van der Waals surface area contributed by atoms with Crippen LogP contribution in [0.1, 0.15) is 42.4 Å². The molecular formula is C18H25NO3. The number of carbonyl (C=O) groups excluding carboxylic acids is 1. The van der Waals surface area contributed by atoms with Crippen molar-refractivity contribution < 1.29 is 14.3 Å². The van der Waals surface area contributed by atoms with Crippen LogP contribution in [0.25, 0.3) is 0 Å². The molecule has 0 amide bonds. The second-order valence-electron chi connectivity index (χ2n) is 6.69. The summed E-state index contributed by atoms with van der Waals surface area (Å²) in [5.41, 5.74) is 3.23. The molecule has 1 saturated heterocycles. The van der Waals surface area contributed by atoms with Gasteiger partial charge in [-0.25, -0.2) is 4.79 Å². The van der Waals surface area contributed by atoms with Crippen LogP contribution < -0.4 is 5.32 Å². The molecule has 22 heavy (non-hydrogen) atoms. The van der Waals surface area contributed by atoms with E-state index in [1.54, 1.807) is 7.11 Å². The SMILES string of the molecule is COC1CCC2(CC1)N[C@@H](Cc1cc(C)ccc1C)OC2=O. The lowest BCUT2D eigenvalue weighted by Crippen LogP contribution is -2.51. The second kappa shape index (κ2) is 6.01. The predicted octanol–water partition coefficient (Wildman–Crippen LogP) is 2.65. The standard InChI is InChI=1S/C18H25NO3/c1-12-4-5-13(2)14(10-12)11-16-19-18(17(20)22-16)8-6-15(21-3)7-9-18/h4-5,10,15-16,19H,6-9,11H2,1-3H3/t15?,16-,18?/m1/s1. The summed E-state index contributed by atoms with van der Waals surface area (Å²) in [7, 11) is 1.74. The van der Waals surface area contributed by atoms with Crippen LogP contribution in [0.4, 0.5) is 0 Å². The lowest BCUT2D eigenvalue weighted by Gasteiger charge is -2.33. The van der Waals surface area contributed by atoms with E-state index in [9.17, 15) is 4.79 Å². The van der Waals surface area contributed by atoms with E-state index in [1.807, 2.05) is 0 Å². The third kappa shape index (κ3) is 2.90. The summed E-state index contributed by atoms with van der Waals surface area (Å²) in [4.78, 5) is 12.4. The zero-order valence-corrected chi connectivity index (χ0v) is 13.6. The predicted molar refractivity (Wildman–Crippen MR) is 84.6 cm³/mol. The van der Waals surface area contributed by atoms with Gasteiger partial charge in [0, 0.05) is 13.5 Å². The first-order valence-electron chi connectivity index (χ1n) is 8.10. The number of aryl methyl sites for hydroxylation is 2. The maximum absolute atomic E-state index is 12.4. The van der Waals surface area contributed by atoms with Gasteiger partial charge in [0.25, 0.3) is 0 Å². The summed E-state index contributed by atoms with van der Waals surface area (Å²) in [5.74, 6) is -0.0858. The average molecular weight is 303 g/mol. The molecule has 1 aromatic carbocycles. The van der Waals surface area contributed by atoms with Crippen LogP contribution >= 0.6 is 0 Å². The Morgan fingerprint density at radius 3 is 2.73 bits per heavy atom. The molecule has 2 fully saturated rings. The Labute approximate surface area is 132 Å². The van der Waals surface area contributed by atoms with Crippen molar-refractivity contribution in [1.82, 2.24) is 5.32 Å². The Balaban J connectivity index is 1.68. The zero-order valence-electron chi connectivity index (χ0n) is 13.6. The first-order chi connectivity index (χ1) is 10.5. The summed E-state index contributed by atoms with van der Waals surface area (Å²) in [6, 6.07) is 6.42. The molecule has 4 nitrogen and oxygen atoms in total. The Kier molecular flexibility index (Phi) is 4.24. The van der Waals surface area contributed by atoms with Crippen molar-refractivity contribution in [3.05, 3.63) is 34.9 Å². The molecule has 0 radical (unpaired) electrons. The summed E-state index contributed by atoms with van der Waals surface area (Å²) in [5, 5.41) is 3.47. The molecule has 1 atom stereocenters. The maximum Gasteiger partial charge on any atom is 0.328 e. The number of ether oxygens (including phenoxy) is 2. The fourth-order valence-corrected chi connectivity index (χ4v) is 3.62. The van der Waals surface area contributed by atoms with E-state index in [0.717, 1.165) is 32.1 Å². The van der Waals surface area contributed by atoms with Gasteiger partial charge >= 0.3 is 5.97 Å². The molecule has 4 heteroatoms. The van der Waals surface area contributed by atoms with E-state index in [-0.39, 0.29) is 18.3 Å². The number of methoxy groups -OCH3 is 1. The first-order valence-corrected chi connectivity index (χ1v) is 8.10. The van der Waals surface area contributed by atoms with Gasteiger partial charge in [-0.2, -0.15) is 0 Å². The molecule has 1 saturated carbocycles. The lowest BCUT2D eigenvalue weighted by molar-refractivity contribution is -0.146. The van der Waals surface area contributed by atoms with Crippen molar-refractivity contribution in [2.75, 3.05) is 7.11 Å². The molecule has 3 rings (SSSR count). The summed E-state index contributed by atoms with van der Waals surface area (Å²) in [6.45, 7) is 4.19. The minimum Gasteiger partial charge on any atom is -0.445 e. The first kappa shape index (κ1) is 15.5. The van der Waals surface area contributed by atoms with Crippen LogP contribution in [0, 0.1) is 13.8 Å². The van der Waals surface area contributed by atoms with Gasteiger partial charge in [0.05, 0.1) is 6.10 Å². The zero-order chi connectivity index (χ0) is 15.7. The molecule has 1 heterocycles. The van der Waals surface area contributed by atoms with Crippen molar-refractivity contribution in [3.63, 3.8) is 0 Å². The maximum atomic E-state index is 12.4. The van der Waals surface area contributed by atoms with Crippen LogP contribution in [0.2, 0.25) is 0 Å². The Hall–Kier alpha value is -1.39. The molecule has 0 aromatic heterocycles. The molecule has 2 aliphatic rings. The van der Waals surface area contributed by atoms with Crippen LogP contribution in [0.5, 0.6) is 0 Å². The van der Waals surface area contributed by atoms with Gasteiger partial charge < -0.3 is 9.47 Å². The Morgan fingerprint density at radius 1 is 1.32 bits per heavy atom. The minimum atomic E-state index is -0.489. The Bertz CT molecular complexity index is 561. The average Bonchev–Trinajstić information content (AvgIpc) is 2.80. The normalized spacial score (nSPS) is 31.5. The number of carbonyl (C=O) groups is 1. The van der Waals surface area contributed by atoms with E-state index in [0.29, 0.717) is 0 Å². The molecular weight excluding hydrogens is 278 g/mol. The largest absolute Gasteiger partial charge is 0.445 e. The van der Waals surface area contributed by atoms with Crippen molar-refractivity contribution >= 4 is 5.97 Å². The van der Waals surface area contributed by atoms with E-state index in [2.05, 4.69) is 37.4 Å². The highest BCUT2D eigenvalue weighted by molar-refractivity contribution is 5.83. The molecule has 1 spiro atoms. The highest BCUT2D eigenvalue weighted by atomic mass is 16.6. The van der Waals surface area contributed by atoms with E-state index < -0.39 is 5.54 Å². The van der Waals surface area contributed by atoms with E-state index >= 15 is 0 Å². The summed E-state index contributed by atoms with van der Waals surface area (Å²) >= 11 is 0. The molecule has 0 unspecified atom stereocenters. The van der Waals surface area contributed by atoms with E-state index in [4.69, 9.17) is 9.47 Å². The quantitative estimate of drug-likeness (QED) is 0.872. The molecule has 1 aromatic rings. The fourth-order valence-electron chi connectivity index (χ4n) is 3.62. The molecule has 0 bridgehead atoms. The number of cyclic esters (lactones) is 1. The van der Waals surface area contributed by atoms with Gasteiger partial charge in [-0.3, -0.25) is 5.32 Å². The van der Waals surface area contributed by atoms with Crippen molar-refractivity contribution in [2.24, 2.45) is 0 Å². The minimum absolute atomic E-state index is 0.0858.